The summed E-state index contributed by atoms with van der Waals surface area (Å²) in [5.41, 5.74) is 2.84. The molecule has 2 heterocycles. The van der Waals surface area contributed by atoms with Crippen LogP contribution < -0.4 is 4.90 Å². The number of aryl methyl sites for hydroxylation is 1. The van der Waals surface area contributed by atoms with Gasteiger partial charge in [0.15, 0.2) is 0 Å². The summed E-state index contributed by atoms with van der Waals surface area (Å²) in [7, 11) is 0. The van der Waals surface area contributed by atoms with E-state index >= 15 is 0 Å². The van der Waals surface area contributed by atoms with Gasteiger partial charge in [0.2, 0.25) is 0 Å². The molecule has 3 fully saturated rings. The van der Waals surface area contributed by atoms with Gasteiger partial charge in [-0.25, -0.2) is 0 Å². The highest BCUT2D eigenvalue weighted by atomic mass is 15.3. The second-order valence-electron chi connectivity index (χ2n) is 7.80. The van der Waals surface area contributed by atoms with Gasteiger partial charge >= 0.3 is 0 Å². The number of para-hydroxylation sites is 1. The Morgan fingerprint density at radius 2 is 1.83 bits per heavy atom. The summed E-state index contributed by atoms with van der Waals surface area (Å²) in [5.74, 6) is 1.04. The first-order valence-electron chi connectivity index (χ1n) is 9.56. The van der Waals surface area contributed by atoms with Crippen molar-refractivity contribution in [3.63, 3.8) is 0 Å². The lowest BCUT2D eigenvalue weighted by Gasteiger charge is -2.37. The van der Waals surface area contributed by atoms with Crippen LogP contribution in [0.1, 0.15) is 31.2 Å². The fourth-order valence-corrected chi connectivity index (χ4v) is 4.93. The third kappa shape index (κ3) is 3.41. The number of hydrogen-bond acceptors (Lipinski definition) is 3. The molecule has 0 unspecified atom stereocenters. The topological polar surface area (TPSA) is 9.72 Å². The van der Waals surface area contributed by atoms with Crippen LogP contribution in [0.4, 0.5) is 5.69 Å². The lowest BCUT2D eigenvalue weighted by atomic mass is 10.1. The third-order valence-electron chi connectivity index (χ3n) is 6.27. The maximum absolute atomic E-state index is 2.78. The number of fused-ring (bicyclic) bond motifs is 2. The Balaban J connectivity index is 1.19. The quantitative estimate of drug-likeness (QED) is 0.827. The standard InChI is InChI=1S/C20H31N3/c1-17-5-2-3-6-20(17)22-13-11-21(12-14-22)9-4-10-23-16-18-7-8-19(23)15-18/h2-3,5-6,18-19H,4,7-16H2,1H3/t18-,19-/m1/s1. The summed E-state index contributed by atoms with van der Waals surface area (Å²) in [6.45, 7) is 11.0. The van der Waals surface area contributed by atoms with E-state index in [9.17, 15) is 0 Å². The maximum atomic E-state index is 2.78. The monoisotopic (exact) mass is 313 g/mol. The van der Waals surface area contributed by atoms with E-state index in [1.807, 2.05) is 0 Å². The number of benzene rings is 1. The molecule has 4 rings (SSSR count). The zero-order valence-electron chi connectivity index (χ0n) is 14.6. The normalized spacial score (nSPS) is 28.7. The van der Waals surface area contributed by atoms with Gasteiger partial charge < -0.3 is 9.80 Å². The fraction of sp³-hybridized carbons (Fsp3) is 0.700. The first kappa shape index (κ1) is 15.5. The largest absolute Gasteiger partial charge is 0.369 e. The molecule has 1 aromatic rings. The second-order valence-corrected chi connectivity index (χ2v) is 7.80. The van der Waals surface area contributed by atoms with Crippen LogP contribution in [0.2, 0.25) is 0 Å². The minimum atomic E-state index is 0.943. The highest BCUT2D eigenvalue weighted by Crippen LogP contribution is 2.37. The Kier molecular flexibility index (Phi) is 4.59. The van der Waals surface area contributed by atoms with E-state index in [1.165, 1.54) is 82.7 Å². The van der Waals surface area contributed by atoms with Crippen molar-refractivity contribution in [1.29, 1.82) is 0 Å². The van der Waals surface area contributed by atoms with Crippen LogP contribution in [-0.4, -0.2) is 61.7 Å². The number of nitrogens with zero attached hydrogens (tertiary/aromatic N) is 3. The van der Waals surface area contributed by atoms with Crippen LogP contribution in [0.3, 0.4) is 0 Å². The average Bonchev–Trinajstić information content (AvgIpc) is 3.19. The molecular weight excluding hydrogens is 282 g/mol. The van der Waals surface area contributed by atoms with Crippen molar-refractivity contribution < 1.29 is 0 Å². The van der Waals surface area contributed by atoms with Crippen LogP contribution in [0.5, 0.6) is 0 Å². The van der Waals surface area contributed by atoms with Gasteiger partial charge in [-0.2, -0.15) is 0 Å². The second kappa shape index (κ2) is 6.82. The Bertz CT molecular complexity index is 521. The van der Waals surface area contributed by atoms with Crippen LogP contribution >= 0.6 is 0 Å². The lowest BCUT2D eigenvalue weighted by Crippen LogP contribution is -2.47. The van der Waals surface area contributed by atoms with Crippen LogP contribution in [0.15, 0.2) is 24.3 Å². The molecule has 0 amide bonds. The van der Waals surface area contributed by atoms with Gasteiger partial charge in [0, 0.05) is 44.5 Å². The molecule has 1 aromatic carbocycles. The van der Waals surface area contributed by atoms with Gasteiger partial charge in [-0.15, -0.1) is 0 Å². The molecule has 0 N–H and O–H groups in total. The molecule has 3 heteroatoms. The van der Waals surface area contributed by atoms with Crippen LogP contribution in [0.25, 0.3) is 0 Å². The van der Waals surface area contributed by atoms with E-state index in [0.29, 0.717) is 0 Å². The number of rotatable bonds is 5. The smallest absolute Gasteiger partial charge is 0.0396 e. The molecule has 23 heavy (non-hydrogen) atoms. The van der Waals surface area contributed by atoms with E-state index in [4.69, 9.17) is 0 Å². The average molecular weight is 313 g/mol. The number of piperidine rings is 1. The highest BCUT2D eigenvalue weighted by Gasteiger charge is 2.37. The van der Waals surface area contributed by atoms with Crippen LogP contribution in [0, 0.1) is 12.8 Å². The van der Waals surface area contributed by atoms with Gasteiger partial charge in [0.25, 0.3) is 0 Å². The molecule has 2 saturated heterocycles. The van der Waals surface area contributed by atoms with E-state index in [2.05, 4.69) is 45.9 Å². The molecule has 0 aromatic heterocycles. The molecule has 1 saturated carbocycles. The molecule has 1 aliphatic carbocycles. The minimum absolute atomic E-state index is 0.943. The minimum Gasteiger partial charge on any atom is -0.369 e. The summed E-state index contributed by atoms with van der Waals surface area (Å²) in [6, 6.07) is 9.75. The molecule has 2 bridgehead atoms. The first-order chi connectivity index (χ1) is 11.3. The molecule has 0 spiro atoms. The molecule has 3 nitrogen and oxygen atoms in total. The Morgan fingerprint density at radius 3 is 2.52 bits per heavy atom. The van der Waals surface area contributed by atoms with Crippen molar-refractivity contribution in [2.75, 3.05) is 50.7 Å². The number of piperazine rings is 1. The van der Waals surface area contributed by atoms with E-state index < -0.39 is 0 Å². The van der Waals surface area contributed by atoms with Gasteiger partial charge in [-0.05, 0) is 63.2 Å². The Labute approximate surface area is 141 Å². The van der Waals surface area contributed by atoms with E-state index in [1.54, 1.807) is 0 Å². The number of hydrogen-bond donors (Lipinski definition) is 0. The molecule has 2 atom stereocenters. The summed E-state index contributed by atoms with van der Waals surface area (Å²) < 4.78 is 0. The zero-order chi connectivity index (χ0) is 15.6. The summed E-state index contributed by atoms with van der Waals surface area (Å²) in [4.78, 5) is 8.01. The van der Waals surface area contributed by atoms with Crippen LogP contribution in [-0.2, 0) is 0 Å². The van der Waals surface area contributed by atoms with Crippen molar-refractivity contribution in [3.05, 3.63) is 29.8 Å². The molecule has 0 radical (unpaired) electrons. The summed E-state index contributed by atoms with van der Waals surface area (Å²) in [6.07, 6.45) is 5.82. The summed E-state index contributed by atoms with van der Waals surface area (Å²) >= 11 is 0. The maximum Gasteiger partial charge on any atom is 0.0396 e. The van der Waals surface area contributed by atoms with Crippen molar-refractivity contribution in [3.8, 4) is 0 Å². The molecular formula is C20H31N3. The predicted octanol–water partition coefficient (Wildman–Crippen LogP) is 2.99. The van der Waals surface area contributed by atoms with E-state index in [0.717, 1.165) is 12.0 Å². The van der Waals surface area contributed by atoms with Gasteiger partial charge in [-0.1, -0.05) is 18.2 Å². The Morgan fingerprint density at radius 1 is 1.00 bits per heavy atom. The number of likely N-dealkylation sites (tertiary alicyclic amines) is 1. The zero-order valence-corrected chi connectivity index (χ0v) is 14.6. The molecule has 3 aliphatic rings. The van der Waals surface area contributed by atoms with Gasteiger partial charge in [0.05, 0.1) is 0 Å². The number of anilines is 1. The third-order valence-corrected chi connectivity index (χ3v) is 6.27. The van der Waals surface area contributed by atoms with Crippen molar-refractivity contribution in [2.24, 2.45) is 5.92 Å². The van der Waals surface area contributed by atoms with Crippen molar-refractivity contribution in [2.45, 2.75) is 38.6 Å². The Hall–Kier alpha value is -1.06. The predicted molar refractivity (Wildman–Crippen MR) is 97.2 cm³/mol. The van der Waals surface area contributed by atoms with Gasteiger partial charge in [0.1, 0.15) is 0 Å². The van der Waals surface area contributed by atoms with Gasteiger partial charge in [-0.3, -0.25) is 4.90 Å². The fourth-order valence-electron chi connectivity index (χ4n) is 4.93. The SMILES string of the molecule is Cc1ccccc1N1CCN(CCCN2C[C@@H]3CC[C@@H]2C3)CC1. The first-order valence-corrected chi connectivity index (χ1v) is 9.56. The molecule has 2 aliphatic heterocycles. The van der Waals surface area contributed by atoms with E-state index in [-0.39, 0.29) is 0 Å². The van der Waals surface area contributed by atoms with Crippen molar-refractivity contribution in [1.82, 2.24) is 9.80 Å². The van der Waals surface area contributed by atoms with Crippen molar-refractivity contribution >= 4 is 5.69 Å². The summed E-state index contributed by atoms with van der Waals surface area (Å²) in [5, 5.41) is 0. The molecule has 126 valence electrons. The lowest BCUT2D eigenvalue weighted by molar-refractivity contribution is 0.188. The highest BCUT2D eigenvalue weighted by molar-refractivity contribution is 5.53.